The molecule has 5 rings (SSSR count). The number of aromatic nitrogens is 5. The maximum absolute atomic E-state index is 12.4. The molecule has 2 aliphatic rings. The number of carbonyl (C=O) groups excluding carboxylic acids is 1. The van der Waals surface area contributed by atoms with Gasteiger partial charge in [0.25, 0.3) is 17.3 Å². The molecular formula is C22H26N8O5. The van der Waals surface area contributed by atoms with Crippen molar-refractivity contribution in [3.8, 4) is 11.8 Å². The summed E-state index contributed by atoms with van der Waals surface area (Å²) in [4.78, 5) is 34.6. The molecule has 13 heteroatoms. The molecule has 184 valence electrons. The molecule has 1 saturated heterocycles. The maximum atomic E-state index is 12.4. The van der Waals surface area contributed by atoms with Gasteiger partial charge in [-0.1, -0.05) is 0 Å². The summed E-state index contributed by atoms with van der Waals surface area (Å²) in [7, 11) is 1.52. The molecule has 3 aromatic heterocycles. The highest BCUT2D eigenvalue weighted by Gasteiger charge is 2.31. The number of nitrogens with one attached hydrogen (secondary N) is 2. The molecule has 0 bridgehead atoms. The third-order valence-corrected chi connectivity index (χ3v) is 6.13. The fraction of sp³-hybridized carbons (Fsp3) is 0.455. The monoisotopic (exact) mass is 482 g/mol. The van der Waals surface area contributed by atoms with Crippen molar-refractivity contribution >= 4 is 22.8 Å². The molecule has 2 atom stereocenters. The normalized spacial score (nSPS) is 19.9. The number of aliphatic hydroxyl groups is 1. The first kappa shape index (κ1) is 23.1. The van der Waals surface area contributed by atoms with Crippen LogP contribution in [0.2, 0.25) is 0 Å². The molecule has 0 spiro atoms. The zero-order valence-corrected chi connectivity index (χ0v) is 19.2. The fourth-order valence-electron chi connectivity index (χ4n) is 4.33. The van der Waals surface area contributed by atoms with Crippen molar-refractivity contribution in [2.24, 2.45) is 5.92 Å². The molecule has 5 heterocycles. The number of nitrogens with zero attached hydrogens (tertiary/aromatic N) is 6. The molecular weight excluding hydrogens is 456 g/mol. The lowest BCUT2D eigenvalue weighted by molar-refractivity contribution is -0.118. The highest BCUT2D eigenvalue weighted by molar-refractivity contribution is 5.94. The molecule has 0 aromatic carbocycles. The number of carbonyl (C=O) groups is 1. The summed E-state index contributed by atoms with van der Waals surface area (Å²) in [5.74, 6) is 0.521. The lowest BCUT2D eigenvalue weighted by Gasteiger charge is -2.18. The minimum atomic E-state index is -0.492. The number of likely N-dealkylation sites (tertiary alicyclic amines) is 1. The standard InChI is InChI=1S/C22H26N8O5/c1-34-19-3-2-15-21(26-19)30(20(33)9-24-15)5-4-29-10-13(17(31)11-29)7-23-8-14-6-16-22(28-27-14)35-12-18(32)25-16/h2-3,6,9,13,17,23,31H,4-5,7-8,10-12H2,1H3,(H,25,32). The summed E-state index contributed by atoms with van der Waals surface area (Å²) in [6, 6.07) is 5.20. The van der Waals surface area contributed by atoms with Crippen LogP contribution in [0, 0.1) is 5.92 Å². The Morgan fingerprint density at radius 3 is 3.00 bits per heavy atom. The van der Waals surface area contributed by atoms with Crippen LogP contribution in [0.1, 0.15) is 5.69 Å². The van der Waals surface area contributed by atoms with Crippen molar-refractivity contribution in [1.82, 2.24) is 34.9 Å². The number of aliphatic hydroxyl groups excluding tert-OH is 1. The minimum absolute atomic E-state index is 0.0211. The Hall–Kier alpha value is -3.68. The first-order valence-electron chi connectivity index (χ1n) is 11.3. The Morgan fingerprint density at radius 2 is 2.14 bits per heavy atom. The summed E-state index contributed by atoms with van der Waals surface area (Å²) >= 11 is 0. The lowest BCUT2D eigenvalue weighted by atomic mass is 10.1. The number of pyridine rings is 1. The Kier molecular flexibility index (Phi) is 6.53. The van der Waals surface area contributed by atoms with Gasteiger partial charge in [0.2, 0.25) is 5.88 Å². The minimum Gasteiger partial charge on any atom is -0.481 e. The predicted molar refractivity (Wildman–Crippen MR) is 124 cm³/mol. The van der Waals surface area contributed by atoms with E-state index >= 15 is 0 Å². The number of β-amino-alcohol motifs (C(OH)–C–C–N with tert-alkyl or cyclic N) is 1. The van der Waals surface area contributed by atoms with Crippen molar-refractivity contribution in [1.29, 1.82) is 0 Å². The van der Waals surface area contributed by atoms with E-state index in [0.29, 0.717) is 73.6 Å². The van der Waals surface area contributed by atoms with E-state index < -0.39 is 6.10 Å². The Labute approximate surface area is 200 Å². The van der Waals surface area contributed by atoms with Crippen LogP contribution < -0.4 is 25.7 Å². The van der Waals surface area contributed by atoms with E-state index in [1.54, 1.807) is 22.8 Å². The molecule has 3 N–H and O–H groups in total. The third kappa shape index (κ3) is 5.06. The summed E-state index contributed by atoms with van der Waals surface area (Å²) in [5.41, 5.74) is 2.02. The van der Waals surface area contributed by atoms with Crippen LogP contribution in [0.5, 0.6) is 11.8 Å². The maximum Gasteiger partial charge on any atom is 0.270 e. The van der Waals surface area contributed by atoms with E-state index in [1.807, 2.05) is 0 Å². The van der Waals surface area contributed by atoms with Gasteiger partial charge in [0.15, 0.2) is 12.3 Å². The lowest BCUT2D eigenvalue weighted by Crippen LogP contribution is -2.32. The first-order chi connectivity index (χ1) is 17.0. The van der Waals surface area contributed by atoms with Crippen molar-refractivity contribution in [2.45, 2.75) is 19.2 Å². The average Bonchev–Trinajstić information content (AvgIpc) is 3.21. The van der Waals surface area contributed by atoms with Gasteiger partial charge in [-0.3, -0.25) is 19.1 Å². The number of fused-ring (bicyclic) bond motifs is 2. The van der Waals surface area contributed by atoms with Crippen LogP contribution in [-0.2, 0) is 17.9 Å². The zero-order valence-electron chi connectivity index (χ0n) is 19.2. The number of anilines is 1. The molecule has 35 heavy (non-hydrogen) atoms. The molecule has 0 saturated carbocycles. The van der Waals surface area contributed by atoms with E-state index in [-0.39, 0.29) is 24.0 Å². The first-order valence-corrected chi connectivity index (χ1v) is 11.3. The largest absolute Gasteiger partial charge is 0.481 e. The van der Waals surface area contributed by atoms with Gasteiger partial charge in [0.1, 0.15) is 11.2 Å². The van der Waals surface area contributed by atoms with Crippen LogP contribution in [0.15, 0.2) is 29.2 Å². The summed E-state index contributed by atoms with van der Waals surface area (Å²) in [6.45, 7) is 3.16. The highest BCUT2D eigenvalue weighted by Crippen LogP contribution is 2.24. The van der Waals surface area contributed by atoms with Gasteiger partial charge >= 0.3 is 0 Å². The van der Waals surface area contributed by atoms with Gasteiger partial charge in [-0.05, 0) is 12.1 Å². The Morgan fingerprint density at radius 1 is 1.26 bits per heavy atom. The average molecular weight is 483 g/mol. The third-order valence-electron chi connectivity index (χ3n) is 6.13. The number of hydrogen-bond acceptors (Lipinski definition) is 11. The molecule has 2 unspecified atom stereocenters. The highest BCUT2D eigenvalue weighted by atomic mass is 16.5. The second-order valence-electron chi connectivity index (χ2n) is 8.55. The molecule has 0 aliphatic carbocycles. The zero-order chi connectivity index (χ0) is 24.4. The summed E-state index contributed by atoms with van der Waals surface area (Å²) in [5, 5.41) is 24.7. The van der Waals surface area contributed by atoms with Gasteiger partial charge in [0, 0.05) is 51.3 Å². The molecule has 1 amide bonds. The van der Waals surface area contributed by atoms with Crippen molar-refractivity contribution in [2.75, 3.05) is 45.2 Å². The number of amides is 1. The van der Waals surface area contributed by atoms with Gasteiger partial charge < -0.3 is 25.2 Å². The number of hydrogen-bond donors (Lipinski definition) is 3. The van der Waals surface area contributed by atoms with Crippen LogP contribution in [0.4, 0.5) is 5.69 Å². The fourth-order valence-corrected chi connectivity index (χ4v) is 4.33. The molecule has 3 aromatic rings. The molecule has 0 radical (unpaired) electrons. The topological polar surface area (TPSA) is 157 Å². The SMILES string of the molecule is COc1ccc2ncc(=O)n(CCN3CC(O)C(CNCc4cc5c(nn4)OCC(=O)N5)C3)c2n1. The van der Waals surface area contributed by atoms with Crippen molar-refractivity contribution in [3.63, 3.8) is 0 Å². The second kappa shape index (κ2) is 9.90. The Bertz CT molecular complexity index is 1300. The molecule has 13 nitrogen and oxygen atoms in total. The summed E-state index contributed by atoms with van der Waals surface area (Å²) < 4.78 is 12.0. The summed E-state index contributed by atoms with van der Waals surface area (Å²) in [6.07, 6.45) is 0.803. The van der Waals surface area contributed by atoms with Crippen molar-refractivity contribution in [3.05, 3.63) is 40.4 Å². The Balaban J connectivity index is 1.16. The smallest absolute Gasteiger partial charge is 0.270 e. The van der Waals surface area contributed by atoms with Crippen molar-refractivity contribution < 1.29 is 19.4 Å². The van der Waals surface area contributed by atoms with Crippen LogP contribution >= 0.6 is 0 Å². The quantitative estimate of drug-likeness (QED) is 0.362. The van der Waals surface area contributed by atoms with Crippen LogP contribution in [-0.4, -0.2) is 86.6 Å². The van der Waals surface area contributed by atoms with Gasteiger partial charge in [-0.25, -0.2) is 4.98 Å². The number of ether oxygens (including phenoxy) is 2. The second-order valence-corrected chi connectivity index (χ2v) is 8.55. The van der Waals surface area contributed by atoms with E-state index in [9.17, 15) is 14.7 Å². The van der Waals surface area contributed by atoms with Gasteiger partial charge in [-0.15, -0.1) is 5.10 Å². The van der Waals surface area contributed by atoms with Gasteiger partial charge in [0.05, 0.1) is 25.1 Å². The predicted octanol–water partition coefficient (Wildman–Crippen LogP) is -0.996. The van der Waals surface area contributed by atoms with Gasteiger partial charge in [-0.2, -0.15) is 10.1 Å². The van der Waals surface area contributed by atoms with Crippen LogP contribution in [0.3, 0.4) is 0 Å². The van der Waals surface area contributed by atoms with Crippen LogP contribution in [0.25, 0.3) is 11.2 Å². The van der Waals surface area contributed by atoms with E-state index in [2.05, 4.69) is 35.7 Å². The van der Waals surface area contributed by atoms with E-state index in [4.69, 9.17) is 9.47 Å². The molecule has 1 fully saturated rings. The molecule has 2 aliphatic heterocycles. The van der Waals surface area contributed by atoms with E-state index in [0.717, 1.165) is 0 Å². The number of methoxy groups -OCH3 is 1. The number of rotatable bonds is 8. The van der Waals surface area contributed by atoms with E-state index in [1.165, 1.54) is 13.3 Å².